The number of fused-ring (bicyclic) bond motifs is 1. The number of carbonyl (C=O) groups excluding carboxylic acids is 1. The molecular weight excluding hydrogens is 330 g/mol. The summed E-state index contributed by atoms with van der Waals surface area (Å²) in [4.78, 5) is 20.0. The highest BCUT2D eigenvalue weighted by molar-refractivity contribution is 7.19. The van der Waals surface area contributed by atoms with Crippen molar-refractivity contribution in [3.63, 3.8) is 0 Å². The average molecular weight is 353 g/mol. The number of aromatic amines is 1. The first kappa shape index (κ1) is 16.4. The molecule has 2 aromatic heterocycles. The fraction of sp³-hybridized carbons (Fsp3) is 0.350. The zero-order valence-corrected chi connectivity index (χ0v) is 15.5. The Morgan fingerprint density at radius 1 is 1.24 bits per heavy atom. The van der Waals surface area contributed by atoms with Gasteiger partial charge in [0, 0.05) is 22.7 Å². The van der Waals surface area contributed by atoms with Crippen LogP contribution in [0.2, 0.25) is 0 Å². The Hall–Kier alpha value is -2.11. The molecule has 1 aromatic carbocycles. The maximum Gasteiger partial charge on any atom is 0.272 e. The molecule has 0 bridgehead atoms. The summed E-state index contributed by atoms with van der Waals surface area (Å²) >= 11 is 1.77. The van der Waals surface area contributed by atoms with E-state index in [0.29, 0.717) is 5.69 Å². The topological polar surface area (TPSA) is 48.1 Å². The molecule has 25 heavy (non-hydrogen) atoms. The van der Waals surface area contributed by atoms with Crippen molar-refractivity contribution in [3.8, 4) is 0 Å². The molecule has 130 valence electrons. The van der Waals surface area contributed by atoms with Crippen molar-refractivity contribution < 1.29 is 4.79 Å². The van der Waals surface area contributed by atoms with Crippen LogP contribution < -0.4 is 5.32 Å². The second kappa shape index (κ2) is 6.65. The molecule has 1 fully saturated rings. The quantitative estimate of drug-likeness (QED) is 0.714. The Morgan fingerprint density at radius 3 is 2.76 bits per heavy atom. The molecule has 0 atom stereocenters. The van der Waals surface area contributed by atoms with Crippen molar-refractivity contribution in [2.75, 3.05) is 18.4 Å². The van der Waals surface area contributed by atoms with Crippen LogP contribution in [-0.4, -0.2) is 28.9 Å². The van der Waals surface area contributed by atoms with Crippen LogP contribution in [0.25, 0.3) is 10.2 Å². The number of hydrogen-bond acceptors (Lipinski definition) is 3. The number of hydrogen-bond donors (Lipinski definition) is 2. The van der Waals surface area contributed by atoms with Gasteiger partial charge in [0.2, 0.25) is 0 Å². The van der Waals surface area contributed by atoms with E-state index in [1.54, 1.807) is 11.3 Å². The lowest BCUT2D eigenvalue weighted by molar-refractivity contribution is 0.102. The van der Waals surface area contributed by atoms with Crippen LogP contribution in [0.5, 0.6) is 0 Å². The minimum atomic E-state index is -0.0513. The smallest absolute Gasteiger partial charge is 0.272 e. The monoisotopic (exact) mass is 353 g/mol. The fourth-order valence-corrected chi connectivity index (χ4v) is 4.57. The zero-order valence-electron chi connectivity index (χ0n) is 14.7. The van der Waals surface area contributed by atoms with Gasteiger partial charge in [-0.3, -0.25) is 9.69 Å². The van der Waals surface area contributed by atoms with Gasteiger partial charge in [0.15, 0.2) is 0 Å². The van der Waals surface area contributed by atoms with Crippen LogP contribution in [0.1, 0.15) is 39.3 Å². The van der Waals surface area contributed by atoms with Crippen molar-refractivity contribution in [1.82, 2.24) is 9.88 Å². The number of likely N-dealkylation sites (tertiary alicyclic amines) is 1. The lowest BCUT2D eigenvalue weighted by Crippen LogP contribution is -2.21. The molecule has 2 N–H and O–H groups in total. The van der Waals surface area contributed by atoms with Crippen LogP contribution >= 0.6 is 11.3 Å². The second-order valence-corrected chi connectivity index (χ2v) is 8.09. The number of thiophene rings is 1. The molecule has 3 heterocycles. The molecule has 0 spiro atoms. The van der Waals surface area contributed by atoms with Crippen molar-refractivity contribution >= 4 is 33.1 Å². The molecule has 4 nitrogen and oxygen atoms in total. The minimum absolute atomic E-state index is 0.0513. The second-order valence-electron chi connectivity index (χ2n) is 6.83. The van der Waals surface area contributed by atoms with E-state index in [4.69, 9.17) is 0 Å². The van der Waals surface area contributed by atoms with Gasteiger partial charge >= 0.3 is 0 Å². The maximum atomic E-state index is 13.0. The van der Waals surface area contributed by atoms with Gasteiger partial charge in [0.1, 0.15) is 5.69 Å². The van der Waals surface area contributed by atoms with Gasteiger partial charge in [0.25, 0.3) is 5.91 Å². The number of carbonyl (C=O) groups is 1. The number of aryl methyl sites for hydroxylation is 2. The summed E-state index contributed by atoms with van der Waals surface area (Å²) in [6, 6.07) is 10.0. The number of rotatable bonds is 4. The Labute approximate surface area is 151 Å². The van der Waals surface area contributed by atoms with Gasteiger partial charge in [-0.15, -0.1) is 11.3 Å². The number of amides is 1. The number of anilines is 1. The van der Waals surface area contributed by atoms with E-state index in [9.17, 15) is 4.79 Å². The molecule has 0 unspecified atom stereocenters. The van der Waals surface area contributed by atoms with Crippen LogP contribution in [-0.2, 0) is 6.54 Å². The number of benzene rings is 1. The third kappa shape index (κ3) is 3.22. The summed E-state index contributed by atoms with van der Waals surface area (Å²) in [7, 11) is 0. The van der Waals surface area contributed by atoms with E-state index < -0.39 is 0 Å². The van der Waals surface area contributed by atoms with Crippen LogP contribution in [0, 0.1) is 13.8 Å². The van der Waals surface area contributed by atoms with Crippen molar-refractivity contribution in [2.24, 2.45) is 0 Å². The Balaban J connectivity index is 1.68. The van der Waals surface area contributed by atoms with Gasteiger partial charge < -0.3 is 10.3 Å². The summed E-state index contributed by atoms with van der Waals surface area (Å²) in [5.74, 6) is -0.0513. The summed E-state index contributed by atoms with van der Waals surface area (Å²) < 4.78 is 1.22. The van der Waals surface area contributed by atoms with E-state index in [1.807, 2.05) is 31.2 Å². The molecule has 1 aliphatic rings. The predicted octanol–water partition coefficient (Wildman–Crippen LogP) is 4.69. The van der Waals surface area contributed by atoms with Crippen LogP contribution in [0.4, 0.5) is 5.69 Å². The highest BCUT2D eigenvalue weighted by Gasteiger charge is 2.23. The molecule has 1 saturated heterocycles. The molecule has 3 aromatic rings. The summed E-state index contributed by atoms with van der Waals surface area (Å²) in [6.07, 6.45) is 2.50. The zero-order chi connectivity index (χ0) is 17.4. The largest absolute Gasteiger partial charge is 0.350 e. The number of aromatic nitrogens is 1. The first-order valence-corrected chi connectivity index (χ1v) is 9.64. The molecule has 0 saturated carbocycles. The number of nitrogens with zero attached hydrogens (tertiary/aromatic N) is 1. The Morgan fingerprint density at radius 2 is 2.00 bits per heavy atom. The van der Waals surface area contributed by atoms with Crippen molar-refractivity contribution in [1.29, 1.82) is 0 Å². The highest BCUT2D eigenvalue weighted by atomic mass is 32.1. The van der Waals surface area contributed by atoms with Crippen LogP contribution in [0.15, 0.2) is 30.3 Å². The SMILES string of the molecule is Cc1cc2[nH]c(C(=O)Nc3ccccc3C)c(CN3CCCC3)c2s1. The summed E-state index contributed by atoms with van der Waals surface area (Å²) in [6.45, 7) is 7.21. The minimum Gasteiger partial charge on any atom is -0.350 e. The number of para-hydroxylation sites is 1. The molecule has 1 amide bonds. The van der Waals surface area contributed by atoms with Gasteiger partial charge in [-0.1, -0.05) is 18.2 Å². The van der Waals surface area contributed by atoms with E-state index in [2.05, 4.69) is 28.2 Å². The van der Waals surface area contributed by atoms with E-state index in [0.717, 1.165) is 42.0 Å². The van der Waals surface area contributed by atoms with E-state index in [1.165, 1.54) is 22.4 Å². The molecular formula is C20H23N3OS. The lowest BCUT2D eigenvalue weighted by atomic mass is 10.1. The average Bonchev–Trinajstić information content (AvgIpc) is 3.28. The summed E-state index contributed by atoms with van der Waals surface area (Å²) in [5, 5.41) is 3.07. The third-order valence-corrected chi connectivity index (χ3v) is 6.00. The fourth-order valence-electron chi connectivity index (χ4n) is 3.56. The van der Waals surface area contributed by atoms with Crippen molar-refractivity contribution in [3.05, 3.63) is 52.0 Å². The normalized spacial score (nSPS) is 15.1. The molecule has 0 radical (unpaired) electrons. The molecule has 0 aliphatic carbocycles. The Kier molecular flexibility index (Phi) is 4.36. The number of nitrogens with one attached hydrogen (secondary N) is 2. The molecule has 5 heteroatoms. The highest BCUT2D eigenvalue weighted by Crippen LogP contribution is 2.32. The first-order valence-electron chi connectivity index (χ1n) is 8.82. The van der Waals surface area contributed by atoms with Gasteiger partial charge in [-0.2, -0.15) is 0 Å². The first-order chi connectivity index (χ1) is 12.1. The molecule has 1 aliphatic heterocycles. The van der Waals surface area contributed by atoms with Crippen molar-refractivity contribution in [2.45, 2.75) is 33.2 Å². The standard InChI is InChI=1S/C20H23N3OS/c1-13-7-3-4-8-16(13)22-20(24)18-15(12-23-9-5-6-10-23)19-17(21-18)11-14(2)25-19/h3-4,7-8,11,21H,5-6,9-10,12H2,1-2H3,(H,22,24). The molecule has 4 rings (SSSR count). The Bertz CT molecular complexity index is 918. The van der Waals surface area contributed by atoms with Crippen LogP contribution in [0.3, 0.4) is 0 Å². The van der Waals surface area contributed by atoms with Gasteiger partial charge in [0.05, 0.1) is 10.2 Å². The number of H-pyrrole nitrogens is 1. The predicted molar refractivity (Wildman–Crippen MR) is 105 cm³/mol. The van der Waals surface area contributed by atoms with E-state index in [-0.39, 0.29) is 5.91 Å². The third-order valence-electron chi connectivity index (χ3n) is 4.89. The summed E-state index contributed by atoms with van der Waals surface area (Å²) in [5.41, 5.74) is 4.86. The maximum absolute atomic E-state index is 13.0. The van der Waals surface area contributed by atoms with Gasteiger partial charge in [-0.05, 0) is 57.5 Å². The lowest BCUT2D eigenvalue weighted by Gasteiger charge is -2.15. The van der Waals surface area contributed by atoms with E-state index >= 15 is 0 Å². The van der Waals surface area contributed by atoms with Gasteiger partial charge in [-0.25, -0.2) is 0 Å².